The zero-order chi connectivity index (χ0) is 14.4. The molecule has 8 heteroatoms. The number of aromatic amines is 1. The molecule has 0 bridgehead atoms. The summed E-state index contributed by atoms with van der Waals surface area (Å²) in [5, 5.41) is 15.1. The number of hydrogen-bond acceptors (Lipinski definition) is 4. The fourth-order valence-corrected chi connectivity index (χ4v) is 1.61. The SMILES string of the molecule is CC(C)N(CCC(=O)O)C(=O)N(C)Cc1ncn[nH]1. The molecule has 0 fully saturated rings. The Hall–Kier alpha value is -2.12. The molecule has 0 saturated heterocycles. The Morgan fingerprint density at radius 3 is 2.63 bits per heavy atom. The van der Waals surface area contributed by atoms with Crippen LogP contribution in [0.15, 0.2) is 6.33 Å². The maximum absolute atomic E-state index is 12.2. The first-order valence-electron chi connectivity index (χ1n) is 5.99. The summed E-state index contributed by atoms with van der Waals surface area (Å²) in [7, 11) is 1.64. The molecule has 0 aliphatic rings. The third-order valence-electron chi connectivity index (χ3n) is 2.61. The summed E-state index contributed by atoms with van der Waals surface area (Å²) in [6.07, 6.45) is 1.30. The first kappa shape index (κ1) is 14.9. The highest BCUT2D eigenvalue weighted by Gasteiger charge is 2.21. The Labute approximate surface area is 111 Å². The van der Waals surface area contributed by atoms with Gasteiger partial charge in [0.2, 0.25) is 0 Å². The molecule has 0 aromatic carbocycles. The van der Waals surface area contributed by atoms with Gasteiger partial charge >= 0.3 is 12.0 Å². The second-order valence-corrected chi connectivity index (χ2v) is 4.50. The molecule has 2 N–H and O–H groups in total. The molecule has 1 rings (SSSR count). The number of nitrogens with zero attached hydrogens (tertiary/aromatic N) is 4. The van der Waals surface area contributed by atoms with E-state index in [1.807, 2.05) is 13.8 Å². The number of aromatic nitrogens is 3. The number of carbonyl (C=O) groups excluding carboxylic acids is 1. The van der Waals surface area contributed by atoms with Gasteiger partial charge in [-0.05, 0) is 13.8 Å². The van der Waals surface area contributed by atoms with Crippen LogP contribution in [0.3, 0.4) is 0 Å². The second kappa shape index (κ2) is 6.72. The van der Waals surface area contributed by atoms with Crippen LogP contribution >= 0.6 is 0 Å². The van der Waals surface area contributed by atoms with Crippen LogP contribution in [-0.4, -0.2) is 61.7 Å². The number of H-pyrrole nitrogens is 1. The van der Waals surface area contributed by atoms with Crippen molar-refractivity contribution in [1.29, 1.82) is 0 Å². The number of carboxylic acid groups (broad SMARTS) is 1. The molecule has 0 radical (unpaired) electrons. The van der Waals surface area contributed by atoms with Crippen molar-refractivity contribution in [2.24, 2.45) is 0 Å². The van der Waals surface area contributed by atoms with E-state index in [4.69, 9.17) is 5.11 Å². The lowest BCUT2D eigenvalue weighted by molar-refractivity contribution is -0.137. The average Bonchev–Trinajstić information content (AvgIpc) is 2.80. The van der Waals surface area contributed by atoms with Gasteiger partial charge < -0.3 is 14.9 Å². The van der Waals surface area contributed by atoms with Gasteiger partial charge in [-0.2, -0.15) is 5.10 Å². The summed E-state index contributed by atoms with van der Waals surface area (Å²) >= 11 is 0. The summed E-state index contributed by atoms with van der Waals surface area (Å²) in [5.74, 6) is -0.339. The smallest absolute Gasteiger partial charge is 0.320 e. The van der Waals surface area contributed by atoms with E-state index in [0.717, 1.165) is 0 Å². The van der Waals surface area contributed by atoms with Crippen LogP contribution < -0.4 is 0 Å². The topological polar surface area (TPSA) is 102 Å². The molecule has 2 amide bonds. The molecule has 1 aromatic heterocycles. The molecule has 0 aliphatic carbocycles. The Balaban J connectivity index is 2.62. The maximum Gasteiger partial charge on any atom is 0.320 e. The van der Waals surface area contributed by atoms with E-state index in [2.05, 4.69) is 15.2 Å². The van der Waals surface area contributed by atoms with Gasteiger partial charge in [0.1, 0.15) is 12.2 Å². The van der Waals surface area contributed by atoms with Crippen molar-refractivity contribution in [3.63, 3.8) is 0 Å². The molecule has 106 valence electrons. The van der Waals surface area contributed by atoms with Crippen molar-refractivity contribution in [1.82, 2.24) is 25.0 Å². The van der Waals surface area contributed by atoms with Gasteiger partial charge in [-0.15, -0.1) is 0 Å². The highest BCUT2D eigenvalue weighted by molar-refractivity contribution is 5.75. The summed E-state index contributed by atoms with van der Waals surface area (Å²) in [4.78, 5) is 29.8. The number of rotatable bonds is 6. The molecule has 19 heavy (non-hydrogen) atoms. The van der Waals surface area contributed by atoms with Gasteiger partial charge in [0.05, 0.1) is 13.0 Å². The quantitative estimate of drug-likeness (QED) is 0.784. The van der Waals surface area contributed by atoms with Crippen molar-refractivity contribution in [2.75, 3.05) is 13.6 Å². The molecular weight excluding hydrogens is 250 g/mol. The minimum atomic E-state index is -0.920. The third kappa shape index (κ3) is 4.57. The summed E-state index contributed by atoms with van der Waals surface area (Å²) in [6, 6.07) is -0.295. The molecule has 0 aliphatic heterocycles. The van der Waals surface area contributed by atoms with Crippen LogP contribution in [0, 0.1) is 0 Å². The van der Waals surface area contributed by atoms with Crippen molar-refractivity contribution < 1.29 is 14.7 Å². The molecule has 0 saturated carbocycles. The van der Waals surface area contributed by atoms with Crippen LogP contribution in [0.25, 0.3) is 0 Å². The molecule has 0 spiro atoms. The lowest BCUT2D eigenvalue weighted by Crippen LogP contribution is -2.45. The van der Waals surface area contributed by atoms with Crippen LogP contribution in [0.1, 0.15) is 26.1 Å². The summed E-state index contributed by atoms with van der Waals surface area (Å²) in [5.41, 5.74) is 0. The normalized spacial score (nSPS) is 10.5. The number of hydrogen-bond donors (Lipinski definition) is 2. The largest absolute Gasteiger partial charge is 0.481 e. The fraction of sp³-hybridized carbons (Fsp3) is 0.636. The van der Waals surface area contributed by atoms with E-state index in [1.54, 1.807) is 7.05 Å². The third-order valence-corrected chi connectivity index (χ3v) is 2.61. The van der Waals surface area contributed by atoms with Gasteiger partial charge in [0.25, 0.3) is 0 Å². The average molecular weight is 269 g/mol. The highest BCUT2D eigenvalue weighted by atomic mass is 16.4. The van der Waals surface area contributed by atoms with Gasteiger partial charge in [-0.25, -0.2) is 9.78 Å². The van der Waals surface area contributed by atoms with Gasteiger partial charge in [0.15, 0.2) is 0 Å². The Kier molecular flexibility index (Phi) is 5.28. The van der Waals surface area contributed by atoms with Crippen molar-refractivity contribution >= 4 is 12.0 Å². The summed E-state index contributed by atoms with van der Waals surface area (Å²) < 4.78 is 0. The van der Waals surface area contributed by atoms with Crippen LogP contribution in [-0.2, 0) is 11.3 Å². The first-order valence-corrected chi connectivity index (χ1v) is 5.99. The fourth-order valence-electron chi connectivity index (χ4n) is 1.61. The molecule has 1 heterocycles. The van der Waals surface area contributed by atoms with Crippen LogP contribution in [0.4, 0.5) is 4.79 Å². The van der Waals surface area contributed by atoms with E-state index in [-0.39, 0.29) is 25.0 Å². The van der Waals surface area contributed by atoms with Gasteiger partial charge in [-0.1, -0.05) is 0 Å². The number of carboxylic acids is 1. The Morgan fingerprint density at radius 1 is 1.47 bits per heavy atom. The van der Waals surface area contributed by atoms with Crippen molar-refractivity contribution in [2.45, 2.75) is 32.9 Å². The molecule has 1 aromatic rings. The number of urea groups is 1. The zero-order valence-corrected chi connectivity index (χ0v) is 11.3. The standard InChI is InChI=1S/C11H19N5O3/c1-8(2)16(5-4-10(17)18)11(19)15(3)6-9-12-7-13-14-9/h7-8H,4-6H2,1-3H3,(H,17,18)(H,12,13,14). The maximum atomic E-state index is 12.2. The van der Waals surface area contributed by atoms with E-state index in [1.165, 1.54) is 16.1 Å². The summed E-state index contributed by atoms with van der Waals surface area (Å²) in [6.45, 7) is 4.19. The van der Waals surface area contributed by atoms with Crippen LogP contribution in [0.2, 0.25) is 0 Å². The molecule has 0 unspecified atom stereocenters. The minimum Gasteiger partial charge on any atom is -0.481 e. The van der Waals surface area contributed by atoms with Crippen molar-refractivity contribution in [3.8, 4) is 0 Å². The molecule has 8 nitrogen and oxygen atoms in total. The minimum absolute atomic E-state index is 0.0657. The Bertz CT molecular complexity index is 418. The monoisotopic (exact) mass is 269 g/mol. The predicted molar refractivity (Wildman–Crippen MR) is 67.3 cm³/mol. The number of aliphatic carboxylic acids is 1. The predicted octanol–water partition coefficient (Wildman–Crippen LogP) is 0.542. The van der Waals surface area contributed by atoms with E-state index in [0.29, 0.717) is 12.4 Å². The number of carbonyl (C=O) groups is 2. The van der Waals surface area contributed by atoms with E-state index >= 15 is 0 Å². The van der Waals surface area contributed by atoms with Crippen LogP contribution in [0.5, 0.6) is 0 Å². The highest BCUT2D eigenvalue weighted by Crippen LogP contribution is 2.06. The lowest BCUT2D eigenvalue weighted by atomic mass is 10.3. The van der Waals surface area contributed by atoms with Gasteiger partial charge in [0, 0.05) is 19.6 Å². The van der Waals surface area contributed by atoms with Crippen molar-refractivity contribution in [3.05, 3.63) is 12.2 Å². The van der Waals surface area contributed by atoms with Gasteiger partial charge in [-0.3, -0.25) is 9.89 Å². The zero-order valence-electron chi connectivity index (χ0n) is 11.3. The lowest BCUT2D eigenvalue weighted by Gasteiger charge is -2.30. The molecular formula is C11H19N5O3. The first-order chi connectivity index (χ1) is 8.91. The Morgan fingerprint density at radius 2 is 2.16 bits per heavy atom. The number of amides is 2. The molecule has 0 atom stereocenters. The van der Waals surface area contributed by atoms with E-state index in [9.17, 15) is 9.59 Å². The second-order valence-electron chi connectivity index (χ2n) is 4.50. The van der Waals surface area contributed by atoms with E-state index < -0.39 is 5.97 Å². The number of nitrogens with one attached hydrogen (secondary N) is 1.